The van der Waals surface area contributed by atoms with Gasteiger partial charge in [-0.05, 0) is 19.1 Å². The van der Waals surface area contributed by atoms with Gasteiger partial charge in [0.1, 0.15) is 17.1 Å². The molecule has 0 aliphatic heterocycles. The number of fused-ring (bicyclic) bond motifs is 1. The molecule has 0 unspecified atom stereocenters. The van der Waals surface area contributed by atoms with Crippen LogP contribution in [0.1, 0.15) is 44.4 Å². The fraction of sp³-hybridized carbons (Fsp3) is 0.412. The number of para-hydroxylation sites is 1. The lowest BCUT2D eigenvalue weighted by atomic mass is 9.93. The van der Waals surface area contributed by atoms with Crippen molar-refractivity contribution in [1.82, 2.24) is 25.3 Å². The Labute approximate surface area is 144 Å². The minimum Gasteiger partial charge on any atom is -0.346 e. The normalized spacial score (nSPS) is 13.2. The van der Waals surface area contributed by atoms with Gasteiger partial charge in [-0.3, -0.25) is 4.79 Å². The van der Waals surface area contributed by atoms with Gasteiger partial charge in [0, 0.05) is 10.8 Å². The molecule has 0 aliphatic carbocycles. The molecule has 1 aromatic carbocycles. The summed E-state index contributed by atoms with van der Waals surface area (Å²) < 4.78 is 1.61. The highest BCUT2D eigenvalue weighted by Gasteiger charge is 2.20. The molecule has 3 rings (SSSR count). The highest BCUT2D eigenvalue weighted by atomic mass is 32.1. The van der Waals surface area contributed by atoms with Crippen molar-refractivity contribution in [1.29, 1.82) is 0 Å². The van der Waals surface area contributed by atoms with Gasteiger partial charge in [-0.15, -0.1) is 16.4 Å². The quantitative estimate of drug-likeness (QED) is 0.790. The molecule has 6 nitrogen and oxygen atoms in total. The molecule has 2 aromatic heterocycles. The van der Waals surface area contributed by atoms with Crippen LogP contribution >= 0.6 is 11.3 Å². The molecule has 24 heavy (non-hydrogen) atoms. The Morgan fingerprint density at radius 1 is 1.33 bits per heavy atom. The molecule has 1 amide bonds. The summed E-state index contributed by atoms with van der Waals surface area (Å²) >= 11 is 1.58. The summed E-state index contributed by atoms with van der Waals surface area (Å²) in [6, 6.07) is 7.46. The average Bonchev–Trinajstić information content (AvgIpc) is 3.14. The topological polar surface area (TPSA) is 72.7 Å². The predicted molar refractivity (Wildman–Crippen MR) is 94.9 cm³/mol. The second-order valence-electron chi connectivity index (χ2n) is 6.85. The van der Waals surface area contributed by atoms with Gasteiger partial charge in [-0.2, -0.15) is 0 Å². The summed E-state index contributed by atoms with van der Waals surface area (Å²) in [5.41, 5.74) is 2.70. The third-order valence-electron chi connectivity index (χ3n) is 3.75. The van der Waals surface area contributed by atoms with E-state index in [-0.39, 0.29) is 23.9 Å². The first kappa shape index (κ1) is 16.6. The van der Waals surface area contributed by atoms with Crippen molar-refractivity contribution in [2.75, 3.05) is 0 Å². The van der Waals surface area contributed by atoms with E-state index >= 15 is 0 Å². The Kier molecular flexibility index (Phi) is 4.36. The van der Waals surface area contributed by atoms with E-state index in [1.165, 1.54) is 0 Å². The molecule has 0 radical (unpaired) electrons. The van der Waals surface area contributed by atoms with E-state index in [0.717, 1.165) is 21.7 Å². The number of aromatic nitrogens is 4. The molecule has 126 valence electrons. The van der Waals surface area contributed by atoms with Gasteiger partial charge in [0.25, 0.3) is 0 Å². The largest absolute Gasteiger partial charge is 0.346 e. The monoisotopic (exact) mass is 343 g/mol. The van der Waals surface area contributed by atoms with E-state index in [1.807, 2.05) is 31.2 Å². The fourth-order valence-electron chi connectivity index (χ4n) is 2.35. The number of amides is 1. The van der Waals surface area contributed by atoms with Gasteiger partial charge >= 0.3 is 0 Å². The lowest BCUT2D eigenvalue weighted by molar-refractivity contribution is -0.122. The van der Waals surface area contributed by atoms with Crippen LogP contribution in [0.4, 0.5) is 0 Å². The van der Waals surface area contributed by atoms with E-state index in [9.17, 15) is 4.79 Å². The lowest BCUT2D eigenvalue weighted by Gasteiger charge is -2.15. The summed E-state index contributed by atoms with van der Waals surface area (Å²) in [6.45, 7) is 8.48. The molecule has 1 N–H and O–H groups in total. The Hall–Kier alpha value is -2.28. The standard InChI is InChI=1S/C17H21N5OS/c1-11(16-19-14(10-24-16)17(2,3)4)18-15(23)9-22-13-8-6-5-7-12(13)20-21-22/h5-8,10-11H,9H2,1-4H3,(H,18,23)/t11-/m1/s1. The van der Waals surface area contributed by atoms with E-state index in [0.29, 0.717) is 0 Å². The van der Waals surface area contributed by atoms with Crippen LogP contribution in [0.2, 0.25) is 0 Å². The third kappa shape index (κ3) is 3.46. The van der Waals surface area contributed by atoms with Crippen molar-refractivity contribution in [3.63, 3.8) is 0 Å². The highest BCUT2D eigenvalue weighted by Crippen LogP contribution is 2.26. The van der Waals surface area contributed by atoms with Gasteiger partial charge in [0.05, 0.1) is 17.3 Å². The molecule has 2 heterocycles. The first-order chi connectivity index (χ1) is 11.3. The number of nitrogens with zero attached hydrogens (tertiary/aromatic N) is 4. The molecule has 7 heteroatoms. The Bertz CT molecular complexity index is 861. The van der Waals surface area contributed by atoms with Crippen molar-refractivity contribution in [2.24, 2.45) is 0 Å². The summed E-state index contributed by atoms with van der Waals surface area (Å²) in [5.74, 6) is -0.106. The zero-order valence-electron chi connectivity index (χ0n) is 14.3. The second-order valence-corrected chi connectivity index (χ2v) is 7.74. The summed E-state index contributed by atoms with van der Waals surface area (Å²) in [6.07, 6.45) is 0. The van der Waals surface area contributed by atoms with Crippen LogP contribution in [0.15, 0.2) is 29.6 Å². The number of thiazole rings is 1. The Balaban J connectivity index is 1.67. The van der Waals surface area contributed by atoms with Gasteiger partial charge < -0.3 is 5.32 Å². The number of rotatable bonds is 4. The first-order valence-electron chi connectivity index (χ1n) is 7.88. The van der Waals surface area contributed by atoms with Crippen molar-refractivity contribution in [2.45, 2.75) is 45.7 Å². The smallest absolute Gasteiger partial charge is 0.242 e. The van der Waals surface area contributed by atoms with Crippen molar-refractivity contribution in [3.05, 3.63) is 40.3 Å². The zero-order valence-corrected chi connectivity index (χ0v) is 15.1. The van der Waals surface area contributed by atoms with E-state index in [1.54, 1.807) is 16.0 Å². The lowest BCUT2D eigenvalue weighted by Crippen LogP contribution is -2.30. The van der Waals surface area contributed by atoms with E-state index in [4.69, 9.17) is 0 Å². The first-order valence-corrected chi connectivity index (χ1v) is 8.76. The highest BCUT2D eigenvalue weighted by molar-refractivity contribution is 7.09. The molecule has 0 fully saturated rings. The maximum absolute atomic E-state index is 12.3. The van der Waals surface area contributed by atoms with Crippen LogP contribution < -0.4 is 5.32 Å². The predicted octanol–water partition coefficient (Wildman–Crippen LogP) is 3.06. The molecule has 0 saturated heterocycles. The fourth-order valence-corrected chi connectivity index (χ4v) is 3.40. The van der Waals surface area contributed by atoms with Gasteiger partial charge in [-0.1, -0.05) is 38.1 Å². The van der Waals surface area contributed by atoms with Crippen LogP contribution in [-0.4, -0.2) is 25.9 Å². The number of hydrogen-bond acceptors (Lipinski definition) is 5. The van der Waals surface area contributed by atoms with Crippen LogP contribution in [0.25, 0.3) is 11.0 Å². The maximum atomic E-state index is 12.3. The molecule has 0 aliphatic rings. The van der Waals surface area contributed by atoms with Crippen LogP contribution in [0.3, 0.4) is 0 Å². The van der Waals surface area contributed by atoms with Crippen molar-refractivity contribution < 1.29 is 4.79 Å². The molecule has 0 spiro atoms. The number of hydrogen-bond donors (Lipinski definition) is 1. The van der Waals surface area contributed by atoms with Crippen molar-refractivity contribution in [3.8, 4) is 0 Å². The third-order valence-corrected chi connectivity index (χ3v) is 4.78. The molecular formula is C17H21N5OS. The molecule has 0 saturated carbocycles. The zero-order chi connectivity index (χ0) is 17.3. The second kappa shape index (κ2) is 6.32. The SMILES string of the molecule is C[C@@H](NC(=O)Cn1nnc2ccccc21)c1nc(C(C)(C)C)cs1. The van der Waals surface area contributed by atoms with Crippen LogP contribution in [0, 0.1) is 0 Å². The van der Waals surface area contributed by atoms with E-state index in [2.05, 4.69) is 46.8 Å². The van der Waals surface area contributed by atoms with E-state index < -0.39 is 0 Å². The number of carbonyl (C=O) groups is 1. The van der Waals surface area contributed by atoms with Crippen LogP contribution in [-0.2, 0) is 16.8 Å². The number of benzene rings is 1. The van der Waals surface area contributed by atoms with Crippen molar-refractivity contribution >= 4 is 28.3 Å². The van der Waals surface area contributed by atoms with Gasteiger partial charge in [0.2, 0.25) is 5.91 Å². The molecule has 0 bridgehead atoms. The number of carbonyl (C=O) groups excluding carboxylic acids is 1. The summed E-state index contributed by atoms with van der Waals surface area (Å²) in [7, 11) is 0. The van der Waals surface area contributed by atoms with Crippen LogP contribution in [0.5, 0.6) is 0 Å². The minimum atomic E-state index is -0.131. The summed E-state index contributed by atoms with van der Waals surface area (Å²) in [4.78, 5) is 17.0. The molecule has 3 aromatic rings. The molecular weight excluding hydrogens is 322 g/mol. The van der Waals surface area contributed by atoms with Gasteiger partial charge in [0.15, 0.2) is 0 Å². The Morgan fingerprint density at radius 2 is 2.08 bits per heavy atom. The molecule has 1 atom stereocenters. The summed E-state index contributed by atoms with van der Waals surface area (Å²) in [5, 5.41) is 14.1. The number of nitrogens with one attached hydrogen (secondary N) is 1. The Morgan fingerprint density at radius 3 is 2.79 bits per heavy atom. The minimum absolute atomic E-state index is 0.0120. The average molecular weight is 343 g/mol. The maximum Gasteiger partial charge on any atom is 0.242 e. The van der Waals surface area contributed by atoms with Gasteiger partial charge in [-0.25, -0.2) is 9.67 Å².